The van der Waals surface area contributed by atoms with E-state index in [1.165, 1.54) is 16.4 Å². The molecule has 28 heavy (non-hydrogen) atoms. The Hall–Kier alpha value is -1.93. The molecular formula is C20H28N2O5S. The number of hydrogen-bond acceptors (Lipinski definition) is 4. The molecule has 0 radical (unpaired) electrons. The smallest absolute Gasteiger partial charge is 0.307 e. The van der Waals surface area contributed by atoms with Gasteiger partial charge >= 0.3 is 5.97 Å². The first kappa shape index (κ1) is 20.8. The monoisotopic (exact) mass is 408 g/mol. The molecule has 0 aromatic heterocycles. The molecule has 0 unspecified atom stereocenters. The second-order valence-corrected chi connectivity index (χ2v) is 9.87. The van der Waals surface area contributed by atoms with Crippen molar-refractivity contribution in [2.75, 3.05) is 18.4 Å². The fraction of sp³-hybridized carbons (Fsp3) is 0.600. The Morgan fingerprint density at radius 1 is 1.00 bits per heavy atom. The standard InChI is InChI=1S/C20H28N2O5S/c1-14-10-12-22(13-11-14)28(26,27)16-8-6-15(7-9-16)21-19(23)17-4-2-3-5-18(17)20(24)25/h6-9,14,17-18H,2-5,10-13H2,1H3,(H,21,23)(H,24,25)/t17-,18-/m1/s1. The van der Waals surface area contributed by atoms with E-state index in [1.54, 1.807) is 12.1 Å². The van der Waals surface area contributed by atoms with Crippen LogP contribution in [0.3, 0.4) is 0 Å². The number of carboxylic acids is 1. The molecule has 1 saturated carbocycles. The number of hydrogen-bond donors (Lipinski definition) is 2. The van der Waals surface area contributed by atoms with Gasteiger partial charge in [0.2, 0.25) is 15.9 Å². The van der Waals surface area contributed by atoms with Gasteiger partial charge in [0.25, 0.3) is 0 Å². The number of anilines is 1. The van der Waals surface area contributed by atoms with Gasteiger partial charge in [-0.2, -0.15) is 4.31 Å². The largest absolute Gasteiger partial charge is 0.481 e. The van der Waals surface area contributed by atoms with Crippen LogP contribution in [0.15, 0.2) is 29.2 Å². The Balaban J connectivity index is 1.67. The molecule has 1 heterocycles. The van der Waals surface area contributed by atoms with Crippen molar-refractivity contribution < 1.29 is 23.1 Å². The minimum atomic E-state index is -3.53. The number of piperidine rings is 1. The minimum Gasteiger partial charge on any atom is -0.481 e. The van der Waals surface area contributed by atoms with Gasteiger partial charge in [-0.05, 0) is 55.9 Å². The summed E-state index contributed by atoms with van der Waals surface area (Å²) in [4.78, 5) is 24.1. The average molecular weight is 409 g/mol. The molecule has 2 atom stereocenters. The van der Waals surface area contributed by atoms with Crippen LogP contribution in [0.2, 0.25) is 0 Å². The number of carbonyl (C=O) groups is 2. The van der Waals surface area contributed by atoms with Gasteiger partial charge in [-0.15, -0.1) is 0 Å². The van der Waals surface area contributed by atoms with E-state index in [0.717, 1.165) is 25.7 Å². The highest BCUT2D eigenvalue weighted by molar-refractivity contribution is 7.89. The Morgan fingerprint density at radius 2 is 1.57 bits per heavy atom. The van der Waals surface area contributed by atoms with Gasteiger partial charge in [0, 0.05) is 18.8 Å². The van der Waals surface area contributed by atoms with Crippen molar-refractivity contribution in [3.05, 3.63) is 24.3 Å². The molecule has 1 aliphatic carbocycles. The van der Waals surface area contributed by atoms with Crippen LogP contribution >= 0.6 is 0 Å². The molecule has 3 rings (SSSR count). The topological polar surface area (TPSA) is 104 Å². The highest BCUT2D eigenvalue weighted by Crippen LogP contribution is 2.31. The molecule has 0 bridgehead atoms. The van der Waals surface area contributed by atoms with Crippen LogP contribution in [0.5, 0.6) is 0 Å². The first-order valence-electron chi connectivity index (χ1n) is 9.93. The van der Waals surface area contributed by atoms with Gasteiger partial charge in [0.05, 0.1) is 16.7 Å². The highest BCUT2D eigenvalue weighted by atomic mass is 32.2. The predicted molar refractivity (Wildman–Crippen MR) is 105 cm³/mol. The fourth-order valence-corrected chi connectivity index (χ4v) is 5.53. The van der Waals surface area contributed by atoms with E-state index in [-0.39, 0.29) is 10.8 Å². The summed E-state index contributed by atoms with van der Waals surface area (Å²) in [5, 5.41) is 12.1. The molecule has 8 heteroatoms. The van der Waals surface area contributed by atoms with Crippen LogP contribution in [0.1, 0.15) is 45.4 Å². The summed E-state index contributed by atoms with van der Waals surface area (Å²) in [6, 6.07) is 6.13. The van der Waals surface area contributed by atoms with Crippen LogP contribution in [0.25, 0.3) is 0 Å². The number of nitrogens with one attached hydrogen (secondary N) is 1. The molecule has 1 aromatic carbocycles. The molecule has 1 aliphatic heterocycles. The third-order valence-electron chi connectivity index (χ3n) is 5.92. The number of carbonyl (C=O) groups excluding carboxylic acids is 1. The van der Waals surface area contributed by atoms with Crippen molar-refractivity contribution in [1.82, 2.24) is 4.31 Å². The highest BCUT2D eigenvalue weighted by Gasteiger charge is 2.35. The number of sulfonamides is 1. The van der Waals surface area contributed by atoms with Crippen molar-refractivity contribution in [1.29, 1.82) is 0 Å². The molecule has 0 spiro atoms. The molecular weight excluding hydrogens is 380 g/mol. The normalized spacial score (nSPS) is 24.6. The Bertz CT molecular complexity index is 814. The van der Waals surface area contributed by atoms with Gasteiger partial charge in [-0.3, -0.25) is 9.59 Å². The SMILES string of the molecule is CC1CCN(S(=O)(=O)c2ccc(NC(=O)[C@@H]3CCCC[C@H]3C(=O)O)cc2)CC1. The maximum Gasteiger partial charge on any atom is 0.307 e. The number of nitrogens with zero attached hydrogens (tertiary/aromatic N) is 1. The van der Waals surface area contributed by atoms with Crippen LogP contribution in [-0.2, 0) is 19.6 Å². The zero-order chi connectivity index (χ0) is 20.3. The number of benzene rings is 1. The van der Waals surface area contributed by atoms with Crippen LogP contribution in [0, 0.1) is 17.8 Å². The van der Waals surface area contributed by atoms with Crippen molar-refractivity contribution in [3.63, 3.8) is 0 Å². The molecule has 1 saturated heterocycles. The lowest BCUT2D eigenvalue weighted by molar-refractivity contribution is -0.147. The van der Waals surface area contributed by atoms with E-state index < -0.39 is 27.8 Å². The molecule has 7 nitrogen and oxygen atoms in total. The predicted octanol–water partition coefficient (Wildman–Crippen LogP) is 2.94. The summed E-state index contributed by atoms with van der Waals surface area (Å²) >= 11 is 0. The summed E-state index contributed by atoms with van der Waals surface area (Å²) in [5.41, 5.74) is 0.478. The third kappa shape index (κ3) is 4.55. The minimum absolute atomic E-state index is 0.209. The molecule has 2 aliphatic rings. The zero-order valence-corrected chi connectivity index (χ0v) is 17.0. The molecule has 1 amide bonds. The molecule has 154 valence electrons. The summed E-state index contributed by atoms with van der Waals surface area (Å²) in [6.07, 6.45) is 4.46. The maximum absolute atomic E-state index is 12.8. The summed E-state index contributed by atoms with van der Waals surface area (Å²) in [7, 11) is -3.53. The van der Waals surface area contributed by atoms with Crippen molar-refractivity contribution in [2.24, 2.45) is 17.8 Å². The third-order valence-corrected chi connectivity index (χ3v) is 7.84. The maximum atomic E-state index is 12.8. The molecule has 2 N–H and O–H groups in total. The first-order chi connectivity index (χ1) is 13.3. The van der Waals surface area contributed by atoms with Crippen molar-refractivity contribution >= 4 is 27.6 Å². The summed E-state index contributed by atoms with van der Waals surface area (Å²) < 4.78 is 27.0. The van der Waals surface area contributed by atoms with Gasteiger partial charge in [-0.25, -0.2) is 8.42 Å². The van der Waals surface area contributed by atoms with Crippen LogP contribution < -0.4 is 5.32 Å². The van der Waals surface area contributed by atoms with Gasteiger partial charge < -0.3 is 10.4 Å². The lowest BCUT2D eigenvalue weighted by atomic mass is 9.78. The van der Waals surface area contributed by atoms with Crippen molar-refractivity contribution in [3.8, 4) is 0 Å². The van der Waals surface area contributed by atoms with E-state index in [4.69, 9.17) is 0 Å². The summed E-state index contributed by atoms with van der Waals surface area (Å²) in [6.45, 7) is 3.18. The zero-order valence-electron chi connectivity index (χ0n) is 16.1. The van der Waals surface area contributed by atoms with Gasteiger partial charge in [0.15, 0.2) is 0 Å². The molecule has 2 fully saturated rings. The summed E-state index contributed by atoms with van der Waals surface area (Å²) in [5.74, 6) is -1.91. The quantitative estimate of drug-likeness (QED) is 0.780. The van der Waals surface area contributed by atoms with E-state index in [1.807, 2.05) is 0 Å². The number of rotatable bonds is 5. The van der Waals surface area contributed by atoms with E-state index >= 15 is 0 Å². The second-order valence-electron chi connectivity index (χ2n) is 7.94. The number of carboxylic acid groups (broad SMARTS) is 1. The lowest BCUT2D eigenvalue weighted by Gasteiger charge is -2.29. The molecule has 1 aromatic rings. The van der Waals surface area contributed by atoms with Crippen LogP contribution in [-0.4, -0.2) is 42.8 Å². The van der Waals surface area contributed by atoms with E-state index in [2.05, 4.69) is 12.2 Å². The second kappa shape index (κ2) is 8.61. The fourth-order valence-electron chi connectivity index (χ4n) is 4.06. The van der Waals surface area contributed by atoms with E-state index in [0.29, 0.717) is 37.5 Å². The Kier molecular flexibility index (Phi) is 6.40. The van der Waals surface area contributed by atoms with Gasteiger partial charge in [-0.1, -0.05) is 19.8 Å². The average Bonchev–Trinajstić information content (AvgIpc) is 2.68. The Morgan fingerprint density at radius 3 is 2.14 bits per heavy atom. The number of amides is 1. The van der Waals surface area contributed by atoms with E-state index in [9.17, 15) is 23.1 Å². The Labute approximate surface area is 166 Å². The lowest BCUT2D eigenvalue weighted by Crippen LogP contribution is -2.37. The number of aliphatic carboxylic acids is 1. The first-order valence-corrected chi connectivity index (χ1v) is 11.4. The van der Waals surface area contributed by atoms with Gasteiger partial charge in [0.1, 0.15) is 0 Å². The van der Waals surface area contributed by atoms with Crippen LogP contribution in [0.4, 0.5) is 5.69 Å². The van der Waals surface area contributed by atoms with Crippen molar-refractivity contribution in [2.45, 2.75) is 50.3 Å².